The van der Waals surface area contributed by atoms with Crippen LogP contribution in [0.2, 0.25) is 5.02 Å². The molecule has 35 heavy (non-hydrogen) atoms. The van der Waals surface area contributed by atoms with E-state index in [9.17, 15) is 18.4 Å². The molecule has 1 heterocycles. The van der Waals surface area contributed by atoms with Gasteiger partial charge in [-0.3, -0.25) is 9.69 Å². The van der Waals surface area contributed by atoms with Gasteiger partial charge in [-0.15, -0.1) is 0 Å². The first-order valence-corrected chi connectivity index (χ1v) is 11.3. The molecule has 0 aliphatic carbocycles. The number of carbonyl (C=O) groups is 2. The molecule has 182 valence electrons. The predicted octanol–water partition coefficient (Wildman–Crippen LogP) is 5.69. The third-order valence-electron chi connectivity index (χ3n) is 6.23. The number of nitrogens with zero attached hydrogens (tertiary/aromatic N) is 2. The Labute approximate surface area is 207 Å². The molecule has 1 aliphatic rings. The number of benzene rings is 3. The number of anilines is 1. The lowest BCUT2D eigenvalue weighted by Gasteiger charge is -2.39. The van der Waals surface area contributed by atoms with Crippen molar-refractivity contribution in [3.05, 3.63) is 93.5 Å². The summed E-state index contributed by atoms with van der Waals surface area (Å²) in [7, 11) is 3.03. The van der Waals surface area contributed by atoms with E-state index in [1.165, 1.54) is 30.2 Å². The lowest BCUT2D eigenvalue weighted by Crippen LogP contribution is -2.46. The highest BCUT2D eigenvalue weighted by Gasteiger charge is 2.34. The van der Waals surface area contributed by atoms with Crippen LogP contribution in [0.3, 0.4) is 0 Å². The maximum absolute atomic E-state index is 14.5. The number of hydrogen-bond acceptors (Lipinski definition) is 3. The maximum atomic E-state index is 14.5. The molecular weight excluding hydrogens is 476 g/mol. The third-order valence-corrected chi connectivity index (χ3v) is 6.58. The number of hydrogen-bond donors (Lipinski definition) is 1. The topological polar surface area (TPSA) is 61.9 Å². The summed E-state index contributed by atoms with van der Waals surface area (Å²) < 4.78 is 33.9. The molecule has 0 aromatic heterocycles. The molecule has 3 amide bonds. The number of carbonyl (C=O) groups excluding carboxylic acids is 2. The monoisotopic (exact) mass is 499 g/mol. The first kappa shape index (κ1) is 24.5. The maximum Gasteiger partial charge on any atom is 0.325 e. The van der Waals surface area contributed by atoms with Crippen molar-refractivity contribution in [2.75, 3.05) is 19.1 Å². The quantitative estimate of drug-likeness (QED) is 0.474. The second-order valence-electron chi connectivity index (χ2n) is 8.25. The van der Waals surface area contributed by atoms with E-state index in [-0.39, 0.29) is 52.6 Å². The zero-order chi connectivity index (χ0) is 25.3. The molecule has 0 saturated carbocycles. The van der Waals surface area contributed by atoms with Crippen LogP contribution in [0.25, 0.3) is 0 Å². The van der Waals surface area contributed by atoms with Crippen molar-refractivity contribution in [2.45, 2.75) is 26.1 Å². The fraction of sp³-hybridized carbons (Fsp3) is 0.231. The van der Waals surface area contributed by atoms with Gasteiger partial charge in [-0.2, -0.15) is 0 Å². The number of fused-ring (bicyclic) bond motifs is 1. The number of ether oxygens (including phenoxy) is 1. The van der Waals surface area contributed by atoms with Crippen LogP contribution in [0.4, 0.5) is 19.3 Å². The van der Waals surface area contributed by atoms with E-state index < -0.39 is 17.5 Å². The Morgan fingerprint density at radius 3 is 2.60 bits per heavy atom. The summed E-state index contributed by atoms with van der Waals surface area (Å²) in [6.07, 6.45) is 0. The van der Waals surface area contributed by atoms with E-state index in [1.807, 2.05) is 6.92 Å². The molecule has 3 aromatic carbocycles. The average molecular weight is 500 g/mol. The van der Waals surface area contributed by atoms with Crippen LogP contribution in [0, 0.1) is 11.6 Å². The highest BCUT2D eigenvalue weighted by molar-refractivity contribution is 6.31. The number of amides is 3. The summed E-state index contributed by atoms with van der Waals surface area (Å²) in [5.41, 5.74) is 2.02. The summed E-state index contributed by atoms with van der Waals surface area (Å²) in [5.74, 6) is -1.43. The summed E-state index contributed by atoms with van der Waals surface area (Å²) in [6, 6.07) is 13.4. The van der Waals surface area contributed by atoms with Gasteiger partial charge in [0, 0.05) is 35.3 Å². The van der Waals surface area contributed by atoms with Crippen molar-refractivity contribution < 1.29 is 23.1 Å². The molecular formula is C26H24ClF2N3O3. The van der Waals surface area contributed by atoms with Crippen LogP contribution >= 0.6 is 11.6 Å². The van der Waals surface area contributed by atoms with Crippen LogP contribution in [-0.2, 0) is 13.1 Å². The number of rotatable bonds is 6. The minimum absolute atomic E-state index is 0.0500. The van der Waals surface area contributed by atoms with E-state index in [1.54, 1.807) is 48.3 Å². The number of urea groups is 1. The SMILES string of the molecule is COc1cccc(CNC(=O)c2ccc3c(c2)N(Cc2c(F)cccc2Cl)C(=O)N(C)C3C)c1F. The number of halogens is 3. The van der Waals surface area contributed by atoms with Gasteiger partial charge in [0.25, 0.3) is 5.91 Å². The van der Waals surface area contributed by atoms with E-state index in [0.29, 0.717) is 5.69 Å². The molecule has 0 spiro atoms. The largest absolute Gasteiger partial charge is 0.494 e. The molecule has 0 radical (unpaired) electrons. The Balaban J connectivity index is 1.64. The second-order valence-corrected chi connectivity index (χ2v) is 8.65. The summed E-state index contributed by atoms with van der Waals surface area (Å²) in [4.78, 5) is 29.0. The Bertz CT molecular complexity index is 1280. The van der Waals surface area contributed by atoms with Crippen LogP contribution < -0.4 is 15.0 Å². The predicted molar refractivity (Wildman–Crippen MR) is 130 cm³/mol. The highest BCUT2D eigenvalue weighted by atomic mass is 35.5. The van der Waals surface area contributed by atoms with Crippen molar-refractivity contribution in [3.63, 3.8) is 0 Å². The van der Waals surface area contributed by atoms with Gasteiger partial charge in [-0.05, 0) is 42.8 Å². The summed E-state index contributed by atoms with van der Waals surface area (Å²) >= 11 is 6.21. The van der Waals surface area contributed by atoms with Crippen LogP contribution in [0.5, 0.6) is 5.75 Å². The molecule has 1 aliphatic heterocycles. The van der Waals surface area contributed by atoms with E-state index in [2.05, 4.69) is 5.32 Å². The van der Waals surface area contributed by atoms with Gasteiger partial charge in [0.1, 0.15) is 5.82 Å². The Morgan fingerprint density at radius 2 is 1.89 bits per heavy atom. The Hall–Kier alpha value is -3.65. The van der Waals surface area contributed by atoms with Crippen molar-refractivity contribution in [1.82, 2.24) is 10.2 Å². The minimum Gasteiger partial charge on any atom is -0.494 e. The number of nitrogens with one attached hydrogen (secondary N) is 1. The lowest BCUT2D eigenvalue weighted by molar-refractivity contribution is 0.0950. The molecule has 0 bridgehead atoms. The van der Waals surface area contributed by atoms with E-state index >= 15 is 0 Å². The fourth-order valence-electron chi connectivity index (χ4n) is 4.06. The third kappa shape index (κ3) is 4.66. The van der Waals surface area contributed by atoms with Gasteiger partial charge < -0.3 is 15.0 Å². The minimum atomic E-state index is -0.545. The lowest BCUT2D eigenvalue weighted by atomic mass is 9.98. The van der Waals surface area contributed by atoms with Crippen molar-refractivity contribution in [1.29, 1.82) is 0 Å². The van der Waals surface area contributed by atoms with Gasteiger partial charge in [0.15, 0.2) is 11.6 Å². The first-order chi connectivity index (χ1) is 16.7. The van der Waals surface area contributed by atoms with Crippen LogP contribution in [0.1, 0.15) is 40.0 Å². The molecule has 1 unspecified atom stereocenters. The van der Waals surface area contributed by atoms with Crippen molar-refractivity contribution >= 4 is 29.2 Å². The average Bonchev–Trinajstić information content (AvgIpc) is 2.85. The first-order valence-electron chi connectivity index (χ1n) is 10.9. The van der Waals surface area contributed by atoms with Gasteiger partial charge >= 0.3 is 6.03 Å². The standard InChI is InChI=1S/C26H24ClF2N3O3/c1-15-18-11-10-16(25(33)30-13-17-6-4-9-23(35-3)24(17)29)12-22(18)32(26(34)31(15)2)14-19-20(27)7-5-8-21(19)28/h4-12,15H,13-14H2,1-3H3,(H,30,33). The van der Waals surface area contributed by atoms with Gasteiger partial charge in [0.05, 0.1) is 25.4 Å². The molecule has 6 nitrogen and oxygen atoms in total. The fourth-order valence-corrected chi connectivity index (χ4v) is 4.28. The summed E-state index contributed by atoms with van der Waals surface area (Å²) in [5, 5.41) is 2.90. The number of methoxy groups -OCH3 is 1. The van der Waals surface area contributed by atoms with Crippen LogP contribution in [-0.4, -0.2) is 31.0 Å². The molecule has 0 saturated heterocycles. The normalized spacial score (nSPS) is 15.1. The smallest absolute Gasteiger partial charge is 0.325 e. The van der Waals surface area contributed by atoms with Crippen molar-refractivity contribution in [3.8, 4) is 5.75 Å². The van der Waals surface area contributed by atoms with Crippen LogP contribution in [0.15, 0.2) is 54.6 Å². The molecule has 3 aromatic rings. The molecule has 1 N–H and O–H groups in total. The zero-order valence-corrected chi connectivity index (χ0v) is 20.2. The van der Waals surface area contributed by atoms with E-state index in [4.69, 9.17) is 16.3 Å². The summed E-state index contributed by atoms with van der Waals surface area (Å²) in [6.45, 7) is 1.72. The Morgan fingerprint density at radius 1 is 1.14 bits per heavy atom. The Kier molecular flexibility index (Phi) is 6.93. The second kappa shape index (κ2) is 9.92. The molecule has 0 fully saturated rings. The van der Waals surface area contributed by atoms with E-state index in [0.717, 1.165) is 5.56 Å². The highest BCUT2D eigenvalue weighted by Crippen LogP contribution is 2.38. The molecule has 9 heteroatoms. The van der Waals surface area contributed by atoms with Gasteiger partial charge in [-0.1, -0.05) is 35.9 Å². The zero-order valence-electron chi connectivity index (χ0n) is 19.4. The molecule has 4 rings (SSSR count). The van der Waals surface area contributed by atoms with Gasteiger partial charge in [-0.25, -0.2) is 13.6 Å². The van der Waals surface area contributed by atoms with Gasteiger partial charge in [0.2, 0.25) is 0 Å². The van der Waals surface area contributed by atoms with Crippen molar-refractivity contribution in [2.24, 2.45) is 0 Å². The molecule has 1 atom stereocenters.